The third-order valence-electron chi connectivity index (χ3n) is 3.45. The Labute approximate surface area is 165 Å². The summed E-state index contributed by atoms with van der Waals surface area (Å²) in [5.41, 5.74) is 0.618. The van der Waals surface area contributed by atoms with Crippen LogP contribution in [0.5, 0.6) is 0 Å². The van der Waals surface area contributed by atoms with E-state index in [1.807, 2.05) is 0 Å². The van der Waals surface area contributed by atoms with E-state index in [1.54, 1.807) is 35.6 Å². The lowest BCUT2D eigenvalue weighted by Crippen LogP contribution is -2.32. The van der Waals surface area contributed by atoms with Gasteiger partial charge in [0.2, 0.25) is 0 Å². The summed E-state index contributed by atoms with van der Waals surface area (Å²) in [6, 6.07) is 4.71. The molecule has 2 aromatic rings. The molecule has 0 aliphatic carbocycles. The Hall–Kier alpha value is -1.67. The maximum Gasteiger partial charge on any atom is 0.357 e. The number of esters is 1. The molecule has 2 rings (SSSR count). The Kier molecular flexibility index (Phi) is 7.84. The third kappa shape index (κ3) is 5.67. The minimum Gasteiger partial charge on any atom is -0.464 e. The van der Waals surface area contributed by atoms with Gasteiger partial charge in [0.15, 0.2) is 5.69 Å². The predicted octanol–water partition coefficient (Wildman–Crippen LogP) is 3.92. The fourth-order valence-corrected chi connectivity index (χ4v) is 3.56. The zero-order valence-electron chi connectivity index (χ0n) is 14.3. The van der Waals surface area contributed by atoms with Crippen molar-refractivity contribution in [2.45, 2.75) is 13.0 Å². The van der Waals surface area contributed by atoms with Crippen LogP contribution in [-0.2, 0) is 16.0 Å². The molecule has 1 aromatic heterocycles. The molecule has 26 heavy (non-hydrogen) atoms. The van der Waals surface area contributed by atoms with Crippen LogP contribution < -0.4 is 0 Å². The van der Waals surface area contributed by atoms with Gasteiger partial charge in [0.25, 0.3) is 5.91 Å². The maximum absolute atomic E-state index is 12.9. The van der Waals surface area contributed by atoms with Gasteiger partial charge in [-0.25, -0.2) is 9.78 Å². The Morgan fingerprint density at radius 2 is 1.88 bits per heavy atom. The minimum absolute atomic E-state index is 0.222. The van der Waals surface area contributed by atoms with Crippen LogP contribution in [0.15, 0.2) is 23.6 Å². The second kappa shape index (κ2) is 9.87. The first-order chi connectivity index (χ1) is 12.4. The molecule has 0 spiro atoms. The highest BCUT2D eigenvalue weighted by molar-refractivity contribution is 7.09. The monoisotopic (exact) mass is 416 g/mol. The molecule has 1 amide bonds. The van der Waals surface area contributed by atoms with Crippen LogP contribution in [0.3, 0.4) is 0 Å². The SMILES string of the molecule is COCCCN(Cc1nc(C(=O)OC)cs1)C(=O)c1cc(Cl)cc(Cl)c1. The smallest absolute Gasteiger partial charge is 0.357 e. The van der Waals surface area contributed by atoms with E-state index in [9.17, 15) is 9.59 Å². The van der Waals surface area contributed by atoms with Crippen LogP contribution in [0.2, 0.25) is 10.0 Å². The molecular weight excluding hydrogens is 399 g/mol. The number of hydrogen-bond donors (Lipinski definition) is 0. The summed E-state index contributed by atoms with van der Waals surface area (Å²) in [5, 5.41) is 3.01. The van der Waals surface area contributed by atoms with Gasteiger partial charge in [0, 0.05) is 41.3 Å². The molecule has 9 heteroatoms. The van der Waals surface area contributed by atoms with E-state index in [0.29, 0.717) is 40.2 Å². The highest BCUT2D eigenvalue weighted by Crippen LogP contribution is 2.22. The average molecular weight is 417 g/mol. The zero-order valence-corrected chi connectivity index (χ0v) is 16.7. The number of thiazole rings is 1. The van der Waals surface area contributed by atoms with Crippen LogP contribution in [0.1, 0.15) is 32.3 Å². The van der Waals surface area contributed by atoms with Crippen molar-refractivity contribution in [1.82, 2.24) is 9.88 Å². The quantitative estimate of drug-likeness (QED) is 0.481. The number of carbonyl (C=O) groups is 2. The van der Waals surface area contributed by atoms with Crippen LogP contribution in [0, 0.1) is 0 Å². The number of nitrogens with zero attached hydrogens (tertiary/aromatic N) is 2. The summed E-state index contributed by atoms with van der Waals surface area (Å²) in [6.07, 6.45) is 0.659. The lowest BCUT2D eigenvalue weighted by atomic mass is 10.2. The lowest BCUT2D eigenvalue weighted by molar-refractivity contribution is 0.0594. The first kappa shape index (κ1) is 20.6. The van der Waals surface area contributed by atoms with E-state index in [1.165, 1.54) is 18.4 Å². The standard InChI is InChI=1S/C17H18Cl2N2O4S/c1-24-5-3-4-21(9-15-20-14(10-26-15)17(23)25-2)16(22)11-6-12(18)8-13(19)7-11/h6-8,10H,3-5,9H2,1-2H3. The molecule has 140 valence electrons. The number of methoxy groups -OCH3 is 2. The first-order valence-corrected chi connectivity index (χ1v) is 9.35. The molecule has 0 saturated heterocycles. The van der Waals surface area contributed by atoms with E-state index < -0.39 is 5.97 Å². The summed E-state index contributed by atoms with van der Waals surface area (Å²) in [4.78, 5) is 30.3. The molecule has 0 radical (unpaired) electrons. The molecule has 0 unspecified atom stereocenters. The Morgan fingerprint density at radius 3 is 2.50 bits per heavy atom. The van der Waals surface area contributed by atoms with Crippen molar-refractivity contribution in [3.8, 4) is 0 Å². The first-order valence-electron chi connectivity index (χ1n) is 7.71. The van der Waals surface area contributed by atoms with Gasteiger partial charge in [-0.15, -0.1) is 11.3 Å². The number of ether oxygens (including phenoxy) is 2. The molecule has 0 aliphatic rings. The summed E-state index contributed by atoms with van der Waals surface area (Å²) >= 11 is 13.3. The number of amides is 1. The van der Waals surface area contributed by atoms with Crippen molar-refractivity contribution in [3.63, 3.8) is 0 Å². The molecule has 0 atom stereocenters. The van der Waals surface area contributed by atoms with Crippen LogP contribution in [0.4, 0.5) is 0 Å². The molecule has 0 N–H and O–H groups in total. The summed E-state index contributed by atoms with van der Waals surface area (Å²) in [6.45, 7) is 1.24. The molecule has 0 aliphatic heterocycles. The van der Waals surface area contributed by atoms with Gasteiger partial charge in [0.1, 0.15) is 5.01 Å². The minimum atomic E-state index is -0.508. The third-order valence-corrected chi connectivity index (χ3v) is 4.72. The highest BCUT2D eigenvalue weighted by atomic mass is 35.5. The van der Waals surface area contributed by atoms with E-state index in [2.05, 4.69) is 9.72 Å². The highest BCUT2D eigenvalue weighted by Gasteiger charge is 2.20. The molecule has 0 bridgehead atoms. The summed E-state index contributed by atoms with van der Waals surface area (Å²) in [5.74, 6) is -0.730. The largest absolute Gasteiger partial charge is 0.464 e. The topological polar surface area (TPSA) is 68.7 Å². The van der Waals surface area contributed by atoms with Gasteiger partial charge in [-0.3, -0.25) is 4.79 Å². The number of halogens is 2. The second-order valence-corrected chi connectivity index (χ2v) is 7.16. The van der Waals surface area contributed by atoms with Gasteiger partial charge in [0.05, 0.1) is 13.7 Å². The van der Waals surface area contributed by atoms with Crippen LogP contribution in [-0.4, -0.2) is 49.1 Å². The fraction of sp³-hybridized carbons (Fsp3) is 0.353. The summed E-state index contributed by atoms with van der Waals surface area (Å²) in [7, 11) is 2.90. The zero-order chi connectivity index (χ0) is 19.1. The van der Waals surface area contributed by atoms with Gasteiger partial charge >= 0.3 is 5.97 Å². The van der Waals surface area contributed by atoms with Gasteiger partial charge in [-0.1, -0.05) is 23.2 Å². The van der Waals surface area contributed by atoms with E-state index in [4.69, 9.17) is 27.9 Å². The lowest BCUT2D eigenvalue weighted by Gasteiger charge is -2.22. The number of benzene rings is 1. The van der Waals surface area contributed by atoms with Gasteiger partial charge in [-0.2, -0.15) is 0 Å². The molecular formula is C17H18Cl2N2O4S. The van der Waals surface area contributed by atoms with Crippen LogP contribution in [0.25, 0.3) is 0 Å². The Bertz CT molecular complexity index is 762. The number of aromatic nitrogens is 1. The maximum atomic E-state index is 12.9. The number of hydrogen-bond acceptors (Lipinski definition) is 6. The van der Waals surface area contributed by atoms with Crippen LogP contribution >= 0.6 is 34.5 Å². The number of carbonyl (C=O) groups excluding carboxylic acids is 2. The molecule has 6 nitrogen and oxygen atoms in total. The van der Waals surface area contributed by atoms with Crippen molar-refractivity contribution in [3.05, 3.63) is 49.9 Å². The van der Waals surface area contributed by atoms with E-state index in [-0.39, 0.29) is 18.1 Å². The predicted molar refractivity (Wildman–Crippen MR) is 101 cm³/mol. The number of rotatable bonds is 8. The van der Waals surface area contributed by atoms with E-state index >= 15 is 0 Å². The summed E-state index contributed by atoms with van der Waals surface area (Å²) < 4.78 is 9.72. The second-order valence-electron chi connectivity index (χ2n) is 5.35. The van der Waals surface area contributed by atoms with Gasteiger partial charge < -0.3 is 14.4 Å². The Balaban J connectivity index is 2.20. The molecule has 1 aromatic carbocycles. The van der Waals surface area contributed by atoms with Crippen molar-refractivity contribution in [2.24, 2.45) is 0 Å². The Morgan fingerprint density at radius 1 is 1.19 bits per heavy atom. The van der Waals surface area contributed by atoms with Crippen molar-refractivity contribution in [2.75, 3.05) is 27.4 Å². The molecule has 0 saturated carbocycles. The molecule has 1 heterocycles. The molecule has 0 fully saturated rings. The fourth-order valence-electron chi connectivity index (χ4n) is 2.26. The van der Waals surface area contributed by atoms with Gasteiger partial charge in [-0.05, 0) is 24.6 Å². The normalized spacial score (nSPS) is 10.6. The van der Waals surface area contributed by atoms with E-state index in [0.717, 1.165) is 0 Å². The van der Waals surface area contributed by atoms with Crippen molar-refractivity contribution < 1.29 is 19.1 Å². The average Bonchev–Trinajstić information content (AvgIpc) is 3.07. The van der Waals surface area contributed by atoms with Crippen molar-refractivity contribution >= 4 is 46.4 Å². The van der Waals surface area contributed by atoms with Crippen molar-refractivity contribution in [1.29, 1.82) is 0 Å².